The smallest absolute Gasteiger partial charge is 0.234 e. The molecule has 0 unspecified atom stereocenters. The number of nitrogens with zero attached hydrogens (tertiary/aromatic N) is 2. The number of rotatable bonds is 10. The van der Waals surface area contributed by atoms with Crippen LogP contribution >= 0.6 is 11.8 Å². The summed E-state index contributed by atoms with van der Waals surface area (Å²) in [5, 5.41) is 3.79. The Bertz CT molecular complexity index is 971. The molecule has 3 rings (SSSR count). The van der Waals surface area contributed by atoms with Gasteiger partial charge in [-0.3, -0.25) is 4.79 Å². The van der Waals surface area contributed by atoms with Crippen LogP contribution in [0.25, 0.3) is 11.0 Å². The Balaban J connectivity index is 1.70. The number of nitrogens with one attached hydrogen (secondary N) is 1. The van der Waals surface area contributed by atoms with Crippen molar-refractivity contribution in [2.75, 3.05) is 25.3 Å². The molecule has 2 aromatic carbocycles. The van der Waals surface area contributed by atoms with Crippen LogP contribution < -0.4 is 14.8 Å². The molecule has 0 bridgehead atoms. The van der Waals surface area contributed by atoms with E-state index in [1.54, 1.807) is 32.4 Å². The number of methoxy groups -OCH3 is 2. The average molecular weight is 414 g/mol. The van der Waals surface area contributed by atoms with Gasteiger partial charge >= 0.3 is 0 Å². The van der Waals surface area contributed by atoms with E-state index in [0.29, 0.717) is 17.2 Å². The molecule has 154 valence electrons. The van der Waals surface area contributed by atoms with Crippen LogP contribution in [-0.2, 0) is 11.3 Å². The minimum absolute atomic E-state index is 0.106. The lowest BCUT2D eigenvalue weighted by molar-refractivity contribution is -0.113. The number of aryl methyl sites for hydroxylation is 1. The first-order chi connectivity index (χ1) is 14.2. The summed E-state index contributed by atoms with van der Waals surface area (Å²) in [6.45, 7) is 3.10. The van der Waals surface area contributed by atoms with E-state index in [9.17, 15) is 4.79 Å². The molecule has 0 aliphatic rings. The fourth-order valence-corrected chi connectivity index (χ4v) is 3.96. The molecule has 0 fully saturated rings. The monoisotopic (exact) mass is 413 g/mol. The number of imidazole rings is 1. The summed E-state index contributed by atoms with van der Waals surface area (Å²) < 4.78 is 12.8. The quantitative estimate of drug-likeness (QED) is 0.375. The van der Waals surface area contributed by atoms with Crippen LogP contribution in [0.2, 0.25) is 0 Å². The molecule has 0 spiro atoms. The van der Waals surface area contributed by atoms with E-state index >= 15 is 0 Å². The third kappa shape index (κ3) is 5.23. The number of thioether (sulfide) groups is 1. The molecule has 1 heterocycles. The summed E-state index contributed by atoms with van der Waals surface area (Å²) in [6.07, 6.45) is 3.44. The number of fused-ring (bicyclic) bond motifs is 1. The lowest BCUT2D eigenvalue weighted by atomic mass is 10.2. The Morgan fingerprint density at radius 2 is 1.97 bits per heavy atom. The molecule has 6 nitrogen and oxygen atoms in total. The number of hydrogen-bond donors (Lipinski definition) is 1. The third-order valence-corrected chi connectivity index (χ3v) is 5.60. The number of aromatic nitrogens is 2. The number of hydrogen-bond acceptors (Lipinski definition) is 5. The number of anilines is 1. The van der Waals surface area contributed by atoms with Crippen molar-refractivity contribution in [1.29, 1.82) is 0 Å². The molecule has 1 N–H and O–H groups in total. The SMILES string of the molecule is CCCCCn1c(SCC(=O)Nc2ccc(OC)cc2OC)nc2ccccc21. The molecule has 0 aliphatic heterocycles. The number of benzene rings is 2. The molecule has 3 aromatic rings. The van der Waals surface area contributed by atoms with Gasteiger partial charge in [-0.2, -0.15) is 0 Å². The second-order valence-electron chi connectivity index (χ2n) is 6.64. The average Bonchev–Trinajstić information content (AvgIpc) is 3.10. The van der Waals surface area contributed by atoms with Crippen LogP contribution in [0.3, 0.4) is 0 Å². The Labute approximate surface area is 175 Å². The second kappa shape index (κ2) is 10.2. The Kier molecular flexibility index (Phi) is 7.41. The number of unbranched alkanes of at least 4 members (excludes halogenated alkanes) is 2. The Morgan fingerprint density at radius 1 is 1.14 bits per heavy atom. The van der Waals surface area contributed by atoms with Crippen molar-refractivity contribution in [3.8, 4) is 11.5 Å². The van der Waals surface area contributed by atoms with Crippen molar-refractivity contribution in [3.05, 3.63) is 42.5 Å². The number of ether oxygens (including phenoxy) is 2. The molecule has 0 atom stereocenters. The highest BCUT2D eigenvalue weighted by Gasteiger charge is 2.14. The van der Waals surface area contributed by atoms with Crippen molar-refractivity contribution in [2.45, 2.75) is 37.9 Å². The number of carbonyl (C=O) groups is 1. The summed E-state index contributed by atoms with van der Waals surface area (Å²) in [5.41, 5.74) is 2.70. The van der Waals surface area contributed by atoms with Crippen LogP contribution in [0.1, 0.15) is 26.2 Å². The number of amides is 1. The number of carbonyl (C=O) groups excluding carboxylic acids is 1. The molecule has 0 radical (unpaired) electrons. The lowest BCUT2D eigenvalue weighted by Gasteiger charge is -2.12. The van der Waals surface area contributed by atoms with Crippen LogP contribution in [0.5, 0.6) is 11.5 Å². The maximum Gasteiger partial charge on any atom is 0.234 e. The van der Waals surface area contributed by atoms with Gasteiger partial charge in [0.05, 0.1) is 36.7 Å². The summed E-state index contributed by atoms with van der Waals surface area (Å²) in [4.78, 5) is 17.3. The van der Waals surface area contributed by atoms with E-state index in [1.165, 1.54) is 24.6 Å². The van der Waals surface area contributed by atoms with Crippen LogP contribution in [-0.4, -0.2) is 35.4 Å². The Morgan fingerprint density at radius 3 is 2.72 bits per heavy atom. The van der Waals surface area contributed by atoms with E-state index in [-0.39, 0.29) is 11.7 Å². The highest BCUT2D eigenvalue weighted by molar-refractivity contribution is 7.99. The van der Waals surface area contributed by atoms with E-state index < -0.39 is 0 Å². The van der Waals surface area contributed by atoms with Crippen molar-refractivity contribution in [1.82, 2.24) is 9.55 Å². The molecule has 0 saturated heterocycles. The van der Waals surface area contributed by atoms with Gasteiger partial charge in [0, 0.05) is 12.6 Å². The molecule has 7 heteroatoms. The highest BCUT2D eigenvalue weighted by atomic mass is 32.2. The van der Waals surface area contributed by atoms with Gasteiger partial charge in [0.25, 0.3) is 0 Å². The van der Waals surface area contributed by atoms with Crippen molar-refractivity contribution < 1.29 is 14.3 Å². The van der Waals surface area contributed by atoms with Gasteiger partial charge < -0.3 is 19.4 Å². The third-order valence-electron chi connectivity index (χ3n) is 4.62. The number of para-hydroxylation sites is 2. The van der Waals surface area contributed by atoms with E-state index in [1.807, 2.05) is 18.2 Å². The van der Waals surface area contributed by atoms with Crippen LogP contribution in [0.4, 0.5) is 5.69 Å². The molecule has 1 amide bonds. The van der Waals surface area contributed by atoms with E-state index in [4.69, 9.17) is 14.5 Å². The largest absolute Gasteiger partial charge is 0.497 e. The fourth-order valence-electron chi connectivity index (χ4n) is 3.12. The second-order valence-corrected chi connectivity index (χ2v) is 7.59. The normalized spacial score (nSPS) is 10.9. The first-order valence-corrected chi connectivity index (χ1v) is 10.7. The summed E-state index contributed by atoms with van der Waals surface area (Å²) >= 11 is 1.45. The van der Waals surface area contributed by atoms with Gasteiger partial charge in [-0.1, -0.05) is 43.7 Å². The Hall–Kier alpha value is -2.67. The summed E-state index contributed by atoms with van der Waals surface area (Å²) in [7, 11) is 3.16. The maximum absolute atomic E-state index is 12.5. The van der Waals surface area contributed by atoms with Gasteiger partial charge in [-0.05, 0) is 30.7 Å². The predicted molar refractivity (Wildman–Crippen MR) is 118 cm³/mol. The topological polar surface area (TPSA) is 65.4 Å². The molecule has 1 aromatic heterocycles. The van der Waals surface area contributed by atoms with E-state index in [0.717, 1.165) is 29.2 Å². The van der Waals surface area contributed by atoms with E-state index in [2.05, 4.69) is 22.9 Å². The minimum atomic E-state index is -0.106. The zero-order valence-corrected chi connectivity index (χ0v) is 17.9. The first kappa shape index (κ1) is 21.0. The maximum atomic E-state index is 12.5. The zero-order chi connectivity index (χ0) is 20.6. The fraction of sp³-hybridized carbons (Fsp3) is 0.364. The molecular formula is C22H27N3O3S. The molecule has 29 heavy (non-hydrogen) atoms. The standard InChI is InChI=1S/C22H27N3O3S/c1-4-5-8-13-25-19-10-7-6-9-17(19)24-22(25)29-15-21(26)23-18-12-11-16(27-2)14-20(18)28-3/h6-7,9-12,14H,4-5,8,13,15H2,1-3H3,(H,23,26). The van der Waals surface area contributed by atoms with Crippen molar-refractivity contribution >= 4 is 34.4 Å². The summed E-state index contributed by atoms with van der Waals surface area (Å²) in [5.74, 6) is 1.40. The molecular weight excluding hydrogens is 386 g/mol. The van der Waals surface area contributed by atoms with Crippen molar-refractivity contribution in [2.24, 2.45) is 0 Å². The van der Waals surface area contributed by atoms with Gasteiger partial charge in [-0.25, -0.2) is 4.98 Å². The van der Waals surface area contributed by atoms with Gasteiger partial charge in [0.15, 0.2) is 5.16 Å². The predicted octanol–water partition coefficient (Wildman–Crippen LogP) is 4.97. The van der Waals surface area contributed by atoms with Gasteiger partial charge in [0.2, 0.25) is 5.91 Å². The highest BCUT2D eigenvalue weighted by Crippen LogP contribution is 2.30. The lowest BCUT2D eigenvalue weighted by Crippen LogP contribution is -2.15. The minimum Gasteiger partial charge on any atom is -0.497 e. The first-order valence-electron chi connectivity index (χ1n) is 9.76. The van der Waals surface area contributed by atoms with Gasteiger partial charge in [0.1, 0.15) is 11.5 Å². The molecule has 0 saturated carbocycles. The van der Waals surface area contributed by atoms with Crippen LogP contribution in [0.15, 0.2) is 47.6 Å². The molecule has 0 aliphatic carbocycles. The van der Waals surface area contributed by atoms with Crippen LogP contribution in [0, 0.1) is 0 Å². The zero-order valence-electron chi connectivity index (χ0n) is 17.1. The van der Waals surface area contributed by atoms with Crippen molar-refractivity contribution in [3.63, 3.8) is 0 Å². The summed E-state index contributed by atoms with van der Waals surface area (Å²) in [6, 6.07) is 13.4. The van der Waals surface area contributed by atoms with Gasteiger partial charge in [-0.15, -0.1) is 0 Å².